The number of rotatable bonds is 6. The molecule has 1 aliphatic heterocycles. The fraction of sp³-hybridized carbons (Fsp3) is 0.300. The highest BCUT2D eigenvalue weighted by Gasteiger charge is 2.36. The fourth-order valence-corrected chi connectivity index (χ4v) is 5.49. The molecular formula is C30H30FN7O3. The number of hydrogen-bond donors (Lipinski definition) is 1. The van der Waals surface area contributed by atoms with Gasteiger partial charge in [-0.25, -0.2) is 14.1 Å². The van der Waals surface area contributed by atoms with Gasteiger partial charge in [-0.15, -0.1) is 0 Å². The summed E-state index contributed by atoms with van der Waals surface area (Å²) in [6.45, 7) is 2.77. The van der Waals surface area contributed by atoms with Gasteiger partial charge in [-0.3, -0.25) is 18.8 Å². The van der Waals surface area contributed by atoms with Crippen LogP contribution in [0.5, 0.6) is 0 Å². The predicted molar refractivity (Wildman–Crippen MR) is 150 cm³/mol. The normalized spacial score (nSPS) is 15.8. The van der Waals surface area contributed by atoms with Crippen LogP contribution in [0.15, 0.2) is 78.1 Å². The lowest BCUT2D eigenvalue weighted by Crippen LogP contribution is -2.49. The second kappa shape index (κ2) is 10.4. The number of benzene rings is 2. The van der Waals surface area contributed by atoms with Crippen LogP contribution in [0.2, 0.25) is 0 Å². The molecule has 2 aromatic carbocycles. The molecule has 6 rings (SSSR count). The standard InChI is InChI=1S/C30H30FN7O3/c1-20(21-6-4-3-5-7-21)26-25(17-35(2)34-26)29(40)36-14-12-30(41,13-15-36)18-37-19-32-27-24(28(37)39)16-33-38(27)23-10-8-22(31)9-11-23/h3-11,16-17,19-20,41H,12-15,18H2,1-2H3/t20-/m1/s1. The van der Waals surface area contributed by atoms with E-state index in [1.165, 1.54) is 33.9 Å². The Bertz CT molecular complexity index is 1770. The van der Waals surface area contributed by atoms with Crippen molar-refractivity contribution < 1.29 is 14.3 Å². The van der Waals surface area contributed by atoms with Crippen molar-refractivity contribution in [2.75, 3.05) is 13.1 Å². The van der Waals surface area contributed by atoms with Crippen molar-refractivity contribution in [3.05, 3.63) is 106 Å². The lowest BCUT2D eigenvalue weighted by Gasteiger charge is -2.38. The summed E-state index contributed by atoms with van der Waals surface area (Å²) in [5.41, 5.74) is 1.77. The van der Waals surface area contributed by atoms with Gasteiger partial charge in [0.2, 0.25) is 0 Å². The molecule has 41 heavy (non-hydrogen) atoms. The lowest BCUT2D eigenvalue weighted by molar-refractivity contribution is -0.0299. The van der Waals surface area contributed by atoms with Gasteiger partial charge in [0.15, 0.2) is 5.65 Å². The maximum Gasteiger partial charge on any atom is 0.264 e. The Morgan fingerprint density at radius 3 is 2.51 bits per heavy atom. The van der Waals surface area contributed by atoms with E-state index in [0.717, 1.165) is 11.3 Å². The Hall–Kier alpha value is -4.64. The number of nitrogens with zero attached hydrogens (tertiary/aromatic N) is 7. The zero-order valence-corrected chi connectivity index (χ0v) is 22.8. The molecule has 1 atom stereocenters. The number of aryl methyl sites for hydroxylation is 1. The topological polar surface area (TPSA) is 111 Å². The van der Waals surface area contributed by atoms with Crippen molar-refractivity contribution in [3.63, 3.8) is 0 Å². The van der Waals surface area contributed by atoms with E-state index in [2.05, 4.69) is 15.2 Å². The molecule has 4 heterocycles. The van der Waals surface area contributed by atoms with E-state index in [4.69, 9.17) is 0 Å². The number of aliphatic hydroxyl groups is 1. The van der Waals surface area contributed by atoms with Gasteiger partial charge in [-0.05, 0) is 42.7 Å². The number of fused-ring (bicyclic) bond motifs is 1. The number of aromatic nitrogens is 6. The second-order valence-corrected chi connectivity index (χ2v) is 10.7. The van der Waals surface area contributed by atoms with Crippen LogP contribution in [0, 0.1) is 5.82 Å². The average molecular weight is 556 g/mol. The van der Waals surface area contributed by atoms with Crippen LogP contribution in [-0.4, -0.2) is 63.7 Å². The third-order valence-corrected chi connectivity index (χ3v) is 7.87. The Balaban J connectivity index is 1.17. The SMILES string of the molecule is C[C@H](c1ccccc1)c1nn(C)cc1C(=O)N1CCC(O)(Cn2cnc3c(cnn3-c3ccc(F)cc3)c2=O)CC1. The van der Waals surface area contributed by atoms with Crippen LogP contribution in [0.3, 0.4) is 0 Å². The predicted octanol–water partition coefficient (Wildman–Crippen LogP) is 3.27. The van der Waals surface area contributed by atoms with E-state index in [1.807, 2.05) is 37.3 Å². The van der Waals surface area contributed by atoms with Crippen LogP contribution in [-0.2, 0) is 13.6 Å². The molecule has 0 radical (unpaired) electrons. The molecule has 1 aliphatic rings. The van der Waals surface area contributed by atoms with Crippen molar-refractivity contribution in [1.82, 2.24) is 34.0 Å². The summed E-state index contributed by atoms with van der Waals surface area (Å²) in [5.74, 6) is -0.546. The third kappa shape index (κ3) is 5.04. The van der Waals surface area contributed by atoms with Crippen molar-refractivity contribution in [3.8, 4) is 5.69 Å². The van der Waals surface area contributed by atoms with Gasteiger partial charge in [0.25, 0.3) is 11.5 Å². The third-order valence-electron chi connectivity index (χ3n) is 7.87. The minimum atomic E-state index is -1.18. The van der Waals surface area contributed by atoms with E-state index in [0.29, 0.717) is 48.2 Å². The lowest BCUT2D eigenvalue weighted by atomic mass is 9.90. The Morgan fingerprint density at radius 1 is 1.10 bits per heavy atom. The number of halogens is 1. The van der Waals surface area contributed by atoms with E-state index < -0.39 is 5.60 Å². The van der Waals surface area contributed by atoms with Crippen LogP contribution < -0.4 is 5.56 Å². The minimum Gasteiger partial charge on any atom is -0.388 e. The summed E-state index contributed by atoms with van der Waals surface area (Å²) in [6, 6.07) is 15.7. The zero-order valence-electron chi connectivity index (χ0n) is 22.8. The van der Waals surface area contributed by atoms with E-state index >= 15 is 0 Å². The summed E-state index contributed by atoms with van der Waals surface area (Å²) in [5, 5.41) is 20.6. The quantitative estimate of drug-likeness (QED) is 0.344. The summed E-state index contributed by atoms with van der Waals surface area (Å²) >= 11 is 0. The van der Waals surface area contributed by atoms with Gasteiger partial charge >= 0.3 is 0 Å². The molecule has 0 saturated carbocycles. The molecule has 10 nitrogen and oxygen atoms in total. The number of piperidine rings is 1. The van der Waals surface area contributed by atoms with Crippen molar-refractivity contribution in [2.45, 2.75) is 37.8 Å². The summed E-state index contributed by atoms with van der Waals surface area (Å²) in [4.78, 5) is 33.0. The van der Waals surface area contributed by atoms with Crippen molar-refractivity contribution in [1.29, 1.82) is 0 Å². The van der Waals surface area contributed by atoms with Crippen LogP contribution in [0.4, 0.5) is 4.39 Å². The molecule has 0 bridgehead atoms. The van der Waals surface area contributed by atoms with E-state index in [-0.39, 0.29) is 29.7 Å². The van der Waals surface area contributed by atoms with Gasteiger partial charge < -0.3 is 10.0 Å². The zero-order chi connectivity index (χ0) is 28.7. The van der Waals surface area contributed by atoms with Crippen molar-refractivity contribution >= 4 is 16.9 Å². The number of likely N-dealkylation sites (tertiary alicyclic amines) is 1. The first-order valence-electron chi connectivity index (χ1n) is 13.5. The van der Waals surface area contributed by atoms with E-state index in [1.54, 1.807) is 35.0 Å². The Morgan fingerprint density at radius 2 is 1.80 bits per heavy atom. The molecule has 210 valence electrons. The molecule has 1 saturated heterocycles. The highest BCUT2D eigenvalue weighted by molar-refractivity contribution is 5.95. The Kier molecular flexibility index (Phi) is 6.74. The fourth-order valence-electron chi connectivity index (χ4n) is 5.49. The van der Waals surface area contributed by atoms with Gasteiger partial charge in [0.1, 0.15) is 17.5 Å². The second-order valence-electron chi connectivity index (χ2n) is 10.7. The minimum absolute atomic E-state index is 0.0434. The first-order chi connectivity index (χ1) is 19.7. The molecule has 1 N–H and O–H groups in total. The van der Waals surface area contributed by atoms with Gasteiger partial charge in [0.05, 0.1) is 35.3 Å². The molecule has 3 aromatic heterocycles. The van der Waals surface area contributed by atoms with Gasteiger partial charge in [-0.2, -0.15) is 10.2 Å². The molecule has 11 heteroatoms. The molecule has 1 amide bonds. The number of hydrogen-bond acceptors (Lipinski definition) is 6. The van der Waals surface area contributed by atoms with E-state index in [9.17, 15) is 19.1 Å². The smallest absolute Gasteiger partial charge is 0.264 e. The average Bonchev–Trinajstić information content (AvgIpc) is 3.59. The molecule has 1 fully saturated rings. The molecule has 5 aromatic rings. The first kappa shape index (κ1) is 26.6. The van der Waals surface area contributed by atoms with Crippen molar-refractivity contribution in [2.24, 2.45) is 7.05 Å². The largest absolute Gasteiger partial charge is 0.388 e. The van der Waals surface area contributed by atoms with Gasteiger partial charge in [0, 0.05) is 32.3 Å². The summed E-state index contributed by atoms with van der Waals surface area (Å²) in [7, 11) is 1.80. The number of amides is 1. The maximum absolute atomic E-state index is 13.6. The molecule has 0 aliphatic carbocycles. The monoisotopic (exact) mass is 555 g/mol. The molecular weight excluding hydrogens is 525 g/mol. The highest BCUT2D eigenvalue weighted by atomic mass is 19.1. The summed E-state index contributed by atoms with van der Waals surface area (Å²) < 4.78 is 17.9. The highest BCUT2D eigenvalue weighted by Crippen LogP contribution is 2.29. The van der Waals surface area contributed by atoms with Gasteiger partial charge in [-0.1, -0.05) is 37.3 Å². The number of carbonyl (C=O) groups is 1. The molecule has 0 unspecified atom stereocenters. The van der Waals surface area contributed by atoms with Crippen LogP contribution in [0.1, 0.15) is 47.3 Å². The van der Waals surface area contributed by atoms with Crippen LogP contribution >= 0.6 is 0 Å². The first-order valence-corrected chi connectivity index (χ1v) is 13.5. The Labute approximate surface area is 235 Å². The summed E-state index contributed by atoms with van der Waals surface area (Å²) in [6.07, 6.45) is 5.20. The maximum atomic E-state index is 13.6. The van der Waals surface area contributed by atoms with Crippen LogP contribution in [0.25, 0.3) is 16.7 Å². The number of carbonyl (C=O) groups excluding carboxylic acids is 1. The molecule has 0 spiro atoms.